The number of benzene rings is 3. The fourth-order valence-electron chi connectivity index (χ4n) is 2.97. The highest BCUT2D eigenvalue weighted by molar-refractivity contribution is 9.10. The average molecular weight is 579 g/mol. The molecule has 3 rings (SSSR count). The summed E-state index contributed by atoms with van der Waals surface area (Å²) in [6.45, 7) is 1.95. The smallest absolute Gasteiger partial charge is 0.262 e. The maximum absolute atomic E-state index is 12.3. The largest absolute Gasteiger partial charge is 0.490 e. The van der Waals surface area contributed by atoms with Gasteiger partial charge in [-0.3, -0.25) is 9.59 Å². The van der Waals surface area contributed by atoms with Gasteiger partial charge in [-0.1, -0.05) is 53.5 Å². The number of hydrazone groups is 1. The number of carbonyl (C=O) groups is 2. The first-order chi connectivity index (χ1) is 16.9. The second kappa shape index (κ2) is 13.1. The van der Waals surface area contributed by atoms with E-state index in [9.17, 15) is 9.59 Å². The van der Waals surface area contributed by atoms with Crippen molar-refractivity contribution in [2.24, 2.45) is 5.10 Å². The van der Waals surface area contributed by atoms with E-state index in [-0.39, 0.29) is 24.8 Å². The van der Waals surface area contributed by atoms with Gasteiger partial charge in [0.05, 0.1) is 33.8 Å². The van der Waals surface area contributed by atoms with Crippen molar-refractivity contribution in [1.29, 1.82) is 0 Å². The molecule has 0 saturated carbocycles. The molecule has 0 unspecified atom stereocenters. The summed E-state index contributed by atoms with van der Waals surface area (Å²) in [5.74, 6) is 0.164. The van der Waals surface area contributed by atoms with E-state index in [2.05, 4.69) is 31.8 Å². The molecule has 10 heteroatoms. The van der Waals surface area contributed by atoms with E-state index < -0.39 is 0 Å². The Balaban J connectivity index is 1.62. The molecule has 0 fully saturated rings. The third-order valence-electron chi connectivity index (χ3n) is 4.49. The number of nitrogens with one attached hydrogen (secondary N) is 2. The van der Waals surface area contributed by atoms with Gasteiger partial charge >= 0.3 is 0 Å². The van der Waals surface area contributed by atoms with Crippen molar-refractivity contribution in [2.45, 2.75) is 13.3 Å². The normalized spacial score (nSPS) is 10.7. The lowest BCUT2D eigenvalue weighted by Crippen LogP contribution is -2.20. The Morgan fingerprint density at radius 1 is 1.00 bits per heavy atom. The van der Waals surface area contributed by atoms with Gasteiger partial charge in [0.15, 0.2) is 18.1 Å². The highest BCUT2D eigenvalue weighted by atomic mass is 79.9. The van der Waals surface area contributed by atoms with Gasteiger partial charge in [-0.05, 0) is 64.3 Å². The van der Waals surface area contributed by atoms with Crippen molar-refractivity contribution in [3.05, 3.63) is 86.3 Å². The summed E-state index contributed by atoms with van der Waals surface area (Å²) in [5.41, 5.74) is 4.56. The molecule has 182 valence electrons. The molecule has 0 radical (unpaired) electrons. The summed E-state index contributed by atoms with van der Waals surface area (Å²) in [6, 6.07) is 17.6. The summed E-state index contributed by atoms with van der Waals surface area (Å²) in [6.07, 6.45) is 1.72. The van der Waals surface area contributed by atoms with E-state index in [1.54, 1.807) is 30.3 Å². The fraction of sp³-hybridized carbons (Fsp3) is 0.160. The quantitative estimate of drug-likeness (QED) is 0.233. The molecule has 35 heavy (non-hydrogen) atoms. The molecule has 0 atom stereocenters. The van der Waals surface area contributed by atoms with Crippen LogP contribution in [-0.4, -0.2) is 31.2 Å². The van der Waals surface area contributed by atoms with Crippen LogP contribution in [0.4, 0.5) is 5.69 Å². The number of nitrogens with zero attached hydrogens (tertiary/aromatic N) is 1. The lowest BCUT2D eigenvalue weighted by molar-refractivity contribution is -0.120. The third-order valence-corrected chi connectivity index (χ3v) is 5.82. The molecule has 0 heterocycles. The van der Waals surface area contributed by atoms with Crippen LogP contribution in [0, 0.1) is 0 Å². The number of hydrogen-bond acceptors (Lipinski definition) is 5. The van der Waals surface area contributed by atoms with E-state index in [1.807, 2.05) is 37.3 Å². The molecule has 0 aliphatic carbocycles. The van der Waals surface area contributed by atoms with Crippen LogP contribution >= 0.6 is 39.1 Å². The fourth-order valence-corrected chi connectivity index (χ4v) is 3.85. The molecule has 0 bridgehead atoms. The van der Waals surface area contributed by atoms with Crippen molar-refractivity contribution in [1.82, 2.24) is 5.43 Å². The number of ether oxygens (including phenoxy) is 2. The number of carbonyl (C=O) groups excluding carboxylic acids is 2. The van der Waals surface area contributed by atoms with Crippen LogP contribution in [0.2, 0.25) is 10.0 Å². The molecular formula is C25H22BrCl2N3O4. The highest BCUT2D eigenvalue weighted by Crippen LogP contribution is 2.36. The second-order valence-electron chi connectivity index (χ2n) is 7.18. The molecule has 3 aromatic carbocycles. The number of halogens is 3. The van der Waals surface area contributed by atoms with Crippen molar-refractivity contribution in [3.63, 3.8) is 0 Å². The minimum absolute atomic E-state index is 0.225. The Kier molecular flexibility index (Phi) is 9.96. The van der Waals surface area contributed by atoms with E-state index in [0.29, 0.717) is 43.9 Å². The Bertz CT molecular complexity index is 1220. The van der Waals surface area contributed by atoms with Gasteiger partial charge in [0.2, 0.25) is 5.91 Å². The Hall–Kier alpha value is -3.07. The van der Waals surface area contributed by atoms with E-state index in [4.69, 9.17) is 32.7 Å². The van der Waals surface area contributed by atoms with Crippen molar-refractivity contribution in [2.75, 3.05) is 18.5 Å². The maximum atomic E-state index is 12.3. The maximum Gasteiger partial charge on any atom is 0.262 e. The zero-order chi connectivity index (χ0) is 25.2. The minimum Gasteiger partial charge on any atom is -0.490 e. The van der Waals surface area contributed by atoms with Gasteiger partial charge in [-0.2, -0.15) is 5.10 Å². The van der Waals surface area contributed by atoms with Gasteiger partial charge in [0.1, 0.15) is 0 Å². The molecule has 0 aromatic heterocycles. The number of amides is 2. The van der Waals surface area contributed by atoms with Gasteiger partial charge in [0, 0.05) is 5.69 Å². The average Bonchev–Trinajstić information content (AvgIpc) is 2.82. The molecule has 0 spiro atoms. The first-order valence-electron chi connectivity index (χ1n) is 10.6. The Morgan fingerprint density at radius 2 is 1.77 bits per heavy atom. The second-order valence-corrected chi connectivity index (χ2v) is 8.85. The van der Waals surface area contributed by atoms with Gasteiger partial charge in [-0.15, -0.1) is 0 Å². The Morgan fingerprint density at radius 3 is 2.49 bits per heavy atom. The lowest BCUT2D eigenvalue weighted by atomic mass is 10.1. The zero-order valence-corrected chi connectivity index (χ0v) is 21.8. The van der Waals surface area contributed by atoms with Crippen molar-refractivity contribution < 1.29 is 19.1 Å². The molecule has 3 aromatic rings. The summed E-state index contributed by atoms with van der Waals surface area (Å²) in [4.78, 5) is 24.4. The molecule has 0 aliphatic heterocycles. The van der Waals surface area contributed by atoms with Crippen LogP contribution in [0.3, 0.4) is 0 Å². The lowest BCUT2D eigenvalue weighted by Gasteiger charge is -2.14. The van der Waals surface area contributed by atoms with Gasteiger partial charge in [-0.25, -0.2) is 5.43 Å². The third kappa shape index (κ3) is 8.28. The minimum atomic E-state index is -0.385. The predicted octanol–water partition coefficient (Wildman–Crippen LogP) is 5.86. The highest BCUT2D eigenvalue weighted by Gasteiger charge is 2.14. The van der Waals surface area contributed by atoms with E-state index in [0.717, 1.165) is 5.56 Å². The van der Waals surface area contributed by atoms with Gasteiger partial charge < -0.3 is 14.8 Å². The number of rotatable bonds is 10. The molecule has 0 aliphatic rings. The standard InChI is InChI=1S/C25H22BrCl2N3O4/c1-2-34-22-11-17(14-29-31-23(32)12-16-6-4-3-5-7-16)10-19(26)25(22)35-15-24(33)30-18-8-9-20(27)21(28)13-18/h3-11,13-14H,2,12,15H2,1H3,(H,30,33)(H,31,32)/b29-14+. The summed E-state index contributed by atoms with van der Waals surface area (Å²) in [5, 5.41) is 7.44. The van der Waals surface area contributed by atoms with Crippen LogP contribution < -0.4 is 20.2 Å². The predicted molar refractivity (Wildman–Crippen MR) is 142 cm³/mol. The van der Waals surface area contributed by atoms with Crippen LogP contribution in [0.1, 0.15) is 18.1 Å². The number of hydrogen-bond donors (Lipinski definition) is 2. The van der Waals surface area contributed by atoms with E-state index >= 15 is 0 Å². The Labute approximate surface area is 221 Å². The first-order valence-corrected chi connectivity index (χ1v) is 12.1. The van der Waals surface area contributed by atoms with Crippen LogP contribution in [0.5, 0.6) is 11.5 Å². The number of anilines is 1. The summed E-state index contributed by atoms with van der Waals surface area (Å²) in [7, 11) is 0. The van der Waals surface area contributed by atoms with E-state index in [1.165, 1.54) is 6.21 Å². The molecule has 0 saturated heterocycles. The van der Waals surface area contributed by atoms with Gasteiger partial charge in [0.25, 0.3) is 5.91 Å². The first kappa shape index (κ1) is 26.5. The molecular weight excluding hydrogens is 557 g/mol. The van der Waals surface area contributed by atoms with Crippen LogP contribution in [0.15, 0.2) is 70.2 Å². The SMILES string of the molecule is CCOc1cc(/C=N/NC(=O)Cc2ccccc2)cc(Br)c1OCC(=O)Nc1ccc(Cl)c(Cl)c1. The topological polar surface area (TPSA) is 89.0 Å². The molecule has 2 amide bonds. The summed E-state index contributed by atoms with van der Waals surface area (Å²) >= 11 is 15.3. The monoisotopic (exact) mass is 577 g/mol. The molecule has 2 N–H and O–H groups in total. The van der Waals surface area contributed by atoms with Crippen molar-refractivity contribution in [3.8, 4) is 11.5 Å². The van der Waals surface area contributed by atoms with Crippen LogP contribution in [0.25, 0.3) is 0 Å². The molecule has 7 nitrogen and oxygen atoms in total. The van der Waals surface area contributed by atoms with Crippen LogP contribution in [-0.2, 0) is 16.0 Å². The zero-order valence-electron chi connectivity index (χ0n) is 18.7. The van der Waals surface area contributed by atoms with Crippen molar-refractivity contribution >= 4 is 62.8 Å². The summed E-state index contributed by atoms with van der Waals surface area (Å²) < 4.78 is 12.0.